The summed E-state index contributed by atoms with van der Waals surface area (Å²) in [5.74, 6) is 0.991. The van der Waals surface area contributed by atoms with Gasteiger partial charge in [-0.1, -0.05) is 18.2 Å². The maximum atomic E-state index is 12.0. The molecule has 30 heavy (non-hydrogen) atoms. The monoisotopic (exact) mass is 409 g/mol. The third-order valence-electron chi connectivity index (χ3n) is 5.00. The largest absolute Gasteiger partial charge is 0.459 e. The smallest absolute Gasteiger partial charge is 0.287 e. The van der Waals surface area contributed by atoms with Crippen LogP contribution in [0.3, 0.4) is 0 Å². The highest BCUT2D eigenvalue weighted by molar-refractivity contribution is 5.92. The van der Waals surface area contributed by atoms with Gasteiger partial charge in [0.25, 0.3) is 5.91 Å². The first-order valence-corrected chi connectivity index (χ1v) is 10.5. The molecule has 0 bridgehead atoms. The topological polar surface area (TPSA) is 94.4 Å². The number of rotatable bonds is 9. The summed E-state index contributed by atoms with van der Waals surface area (Å²) in [7, 11) is 0. The molecule has 2 aromatic heterocycles. The summed E-state index contributed by atoms with van der Waals surface area (Å²) in [6, 6.07) is 10.2. The summed E-state index contributed by atoms with van der Waals surface area (Å²) < 4.78 is 5.20. The molecule has 0 aliphatic heterocycles. The van der Waals surface area contributed by atoms with Gasteiger partial charge < -0.3 is 25.4 Å². The van der Waals surface area contributed by atoms with Gasteiger partial charge >= 0.3 is 0 Å². The summed E-state index contributed by atoms with van der Waals surface area (Å²) in [6.07, 6.45) is 3.20. The lowest BCUT2D eigenvalue weighted by atomic mass is 10.1. The zero-order chi connectivity index (χ0) is 21.3. The Morgan fingerprint density at radius 1 is 1.10 bits per heavy atom. The number of furan rings is 1. The Labute approximate surface area is 177 Å². The number of fused-ring (bicyclic) bond motifs is 1. The second kappa shape index (κ2) is 10.5. The van der Waals surface area contributed by atoms with Crippen molar-refractivity contribution in [2.75, 3.05) is 26.2 Å². The van der Waals surface area contributed by atoms with Crippen molar-refractivity contribution >= 4 is 22.8 Å². The van der Waals surface area contributed by atoms with Crippen LogP contribution in [0.2, 0.25) is 0 Å². The number of nitrogens with zero attached hydrogens (tertiary/aromatic N) is 1. The molecule has 1 amide bonds. The van der Waals surface area contributed by atoms with Crippen molar-refractivity contribution in [3.05, 3.63) is 59.2 Å². The van der Waals surface area contributed by atoms with Crippen molar-refractivity contribution < 1.29 is 9.21 Å². The van der Waals surface area contributed by atoms with E-state index in [1.807, 2.05) is 13.8 Å². The van der Waals surface area contributed by atoms with Crippen molar-refractivity contribution in [1.82, 2.24) is 20.9 Å². The summed E-state index contributed by atoms with van der Waals surface area (Å²) in [5, 5.41) is 10.8. The van der Waals surface area contributed by atoms with Crippen LogP contribution in [0, 0.1) is 13.8 Å². The number of benzene rings is 1. The van der Waals surface area contributed by atoms with Crippen molar-refractivity contribution in [3.8, 4) is 0 Å². The zero-order valence-electron chi connectivity index (χ0n) is 18.0. The molecule has 0 aliphatic rings. The van der Waals surface area contributed by atoms with Gasteiger partial charge in [-0.3, -0.25) is 9.79 Å². The van der Waals surface area contributed by atoms with Gasteiger partial charge in [-0.15, -0.1) is 0 Å². The average Bonchev–Trinajstić information content (AvgIpc) is 3.30. The van der Waals surface area contributed by atoms with E-state index in [-0.39, 0.29) is 5.91 Å². The Balaban J connectivity index is 1.44. The van der Waals surface area contributed by atoms with Crippen LogP contribution in [0.4, 0.5) is 0 Å². The van der Waals surface area contributed by atoms with Gasteiger partial charge in [-0.25, -0.2) is 0 Å². The molecule has 4 N–H and O–H groups in total. The minimum atomic E-state index is -0.180. The summed E-state index contributed by atoms with van der Waals surface area (Å²) in [4.78, 5) is 20.1. The average molecular weight is 410 g/mol. The number of aromatic nitrogens is 1. The second-order valence-corrected chi connectivity index (χ2v) is 7.25. The van der Waals surface area contributed by atoms with Gasteiger partial charge in [-0.2, -0.15) is 0 Å². The SMILES string of the molecule is CCNC(=NCCCNC(=O)c1occc1C)NCCc1c(C)[nH]c2ccccc12. The Morgan fingerprint density at radius 3 is 2.70 bits per heavy atom. The summed E-state index contributed by atoms with van der Waals surface area (Å²) in [5.41, 5.74) is 4.57. The van der Waals surface area contributed by atoms with E-state index >= 15 is 0 Å². The van der Waals surface area contributed by atoms with E-state index in [1.54, 1.807) is 6.07 Å². The number of H-pyrrole nitrogens is 1. The lowest BCUT2D eigenvalue weighted by molar-refractivity contribution is 0.0925. The maximum Gasteiger partial charge on any atom is 0.287 e. The highest BCUT2D eigenvalue weighted by Crippen LogP contribution is 2.21. The normalized spacial score (nSPS) is 11.6. The number of guanidine groups is 1. The number of hydrogen-bond donors (Lipinski definition) is 4. The van der Waals surface area contributed by atoms with Crippen molar-refractivity contribution in [2.45, 2.75) is 33.6 Å². The van der Waals surface area contributed by atoms with Crippen LogP contribution in [0.15, 0.2) is 46.0 Å². The van der Waals surface area contributed by atoms with Crippen molar-refractivity contribution in [1.29, 1.82) is 0 Å². The van der Waals surface area contributed by atoms with Crippen LogP contribution in [-0.2, 0) is 6.42 Å². The van der Waals surface area contributed by atoms with E-state index < -0.39 is 0 Å². The lowest BCUT2D eigenvalue weighted by Crippen LogP contribution is -2.38. The fourth-order valence-corrected chi connectivity index (χ4v) is 3.46. The first-order valence-electron chi connectivity index (χ1n) is 10.5. The number of carbonyl (C=O) groups is 1. The molecule has 0 spiro atoms. The predicted molar refractivity (Wildman–Crippen MR) is 121 cm³/mol. The molecule has 0 unspecified atom stereocenters. The number of para-hydroxylation sites is 1. The van der Waals surface area contributed by atoms with Crippen LogP contribution in [0.25, 0.3) is 10.9 Å². The summed E-state index contributed by atoms with van der Waals surface area (Å²) in [6.45, 7) is 8.79. The van der Waals surface area contributed by atoms with Crippen LogP contribution >= 0.6 is 0 Å². The molecular weight excluding hydrogens is 378 g/mol. The first kappa shape index (κ1) is 21.5. The minimum absolute atomic E-state index is 0.180. The number of nitrogens with one attached hydrogen (secondary N) is 4. The number of hydrogen-bond acceptors (Lipinski definition) is 3. The quantitative estimate of drug-likeness (QED) is 0.248. The Kier molecular flexibility index (Phi) is 7.54. The third kappa shape index (κ3) is 5.43. The molecule has 3 aromatic rings. The van der Waals surface area contributed by atoms with Crippen LogP contribution < -0.4 is 16.0 Å². The standard InChI is InChI=1S/C23H31N5O2/c1-4-24-23(26-13-7-12-25-22(29)21-16(2)11-15-30-21)27-14-10-18-17(3)28-20-9-6-5-8-19(18)20/h5-6,8-9,11,15,28H,4,7,10,12-14H2,1-3H3,(H,25,29)(H2,24,26,27). The highest BCUT2D eigenvalue weighted by atomic mass is 16.3. The van der Waals surface area contributed by atoms with Crippen molar-refractivity contribution in [2.24, 2.45) is 4.99 Å². The Hall–Kier alpha value is -3.22. The van der Waals surface area contributed by atoms with E-state index in [2.05, 4.69) is 57.1 Å². The molecule has 0 saturated carbocycles. The maximum absolute atomic E-state index is 12.0. The van der Waals surface area contributed by atoms with E-state index in [4.69, 9.17) is 4.42 Å². The van der Waals surface area contributed by atoms with Gasteiger partial charge in [0.1, 0.15) is 0 Å². The Bertz CT molecular complexity index is 1000. The fraction of sp³-hybridized carbons (Fsp3) is 0.391. The molecule has 0 saturated heterocycles. The molecule has 160 valence electrons. The molecule has 0 fully saturated rings. The Morgan fingerprint density at radius 2 is 1.93 bits per heavy atom. The molecule has 7 nitrogen and oxygen atoms in total. The third-order valence-corrected chi connectivity index (χ3v) is 5.00. The molecule has 3 rings (SSSR count). The first-order chi connectivity index (χ1) is 14.6. The van der Waals surface area contributed by atoms with E-state index in [0.717, 1.165) is 37.5 Å². The van der Waals surface area contributed by atoms with Crippen molar-refractivity contribution in [3.63, 3.8) is 0 Å². The minimum Gasteiger partial charge on any atom is -0.459 e. The molecule has 7 heteroatoms. The van der Waals surface area contributed by atoms with E-state index in [1.165, 1.54) is 28.4 Å². The number of amides is 1. The number of aliphatic imine (C=N–C) groups is 1. The molecule has 0 radical (unpaired) electrons. The highest BCUT2D eigenvalue weighted by Gasteiger charge is 2.11. The predicted octanol–water partition coefficient (Wildman–Crippen LogP) is 3.30. The second-order valence-electron chi connectivity index (χ2n) is 7.25. The fourth-order valence-electron chi connectivity index (χ4n) is 3.46. The molecule has 0 aliphatic carbocycles. The van der Waals surface area contributed by atoms with Gasteiger partial charge in [0.15, 0.2) is 11.7 Å². The lowest BCUT2D eigenvalue weighted by Gasteiger charge is -2.11. The number of aryl methyl sites for hydroxylation is 2. The van der Waals surface area contributed by atoms with Gasteiger partial charge in [-0.05, 0) is 51.3 Å². The molecular formula is C23H31N5O2. The zero-order valence-corrected chi connectivity index (χ0v) is 18.0. The van der Waals surface area contributed by atoms with E-state index in [9.17, 15) is 4.79 Å². The molecule has 2 heterocycles. The van der Waals surface area contributed by atoms with Crippen LogP contribution in [0.5, 0.6) is 0 Å². The molecule has 1 aromatic carbocycles. The molecule has 0 atom stereocenters. The number of aromatic amines is 1. The van der Waals surface area contributed by atoms with E-state index in [0.29, 0.717) is 18.8 Å². The van der Waals surface area contributed by atoms with Crippen LogP contribution in [-0.4, -0.2) is 43.0 Å². The summed E-state index contributed by atoms with van der Waals surface area (Å²) >= 11 is 0. The van der Waals surface area contributed by atoms with Gasteiger partial charge in [0, 0.05) is 48.3 Å². The van der Waals surface area contributed by atoms with Crippen LogP contribution in [0.1, 0.15) is 40.7 Å². The number of carbonyl (C=O) groups excluding carboxylic acids is 1. The van der Waals surface area contributed by atoms with Gasteiger partial charge in [0.05, 0.1) is 6.26 Å². The van der Waals surface area contributed by atoms with Gasteiger partial charge in [0.2, 0.25) is 0 Å².